The van der Waals surface area contributed by atoms with Gasteiger partial charge < -0.3 is 10.6 Å². The molecule has 0 heterocycles. The number of hydrogen-bond donors (Lipinski definition) is 1. The maximum Gasteiger partial charge on any atom is 0.239 e. The molecule has 0 aromatic heterocycles. The molecule has 10 heavy (non-hydrogen) atoms. The van der Waals surface area contributed by atoms with Gasteiger partial charge in [0.25, 0.3) is 0 Å². The van der Waals surface area contributed by atoms with E-state index in [0.29, 0.717) is 0 Å². The summed E-state index contributed by atoms with van der Waals surface area (Å²) in [6.07, 6.45) is 0. The molecule has 0 saturated heterocycles. The maximum absolute atomic E-state index is 11.7. The molecule has 3 nitrogen and oxygen atoms in total. The van der Waals surface area contributed by atoms with E-state index in [4.69, 9.17) is 14.0 Å². The van der Waals surface area contributed by atoms with Crippen molar-refractivity contribution in [2.24, 2.45) is 11.7 Å². The van der Waals surface area contributed by atoms with Crippen LogP contribution in [0.5, 0.6) is 0 Å². The highest BCUT2D eigenvalue weighted by molar-refractivity contribution is 5.81. The first-order valence-corrected chi connectivity index (χ1v) is 2.98. The van der Waals surface area contributed by atoms with E-state index in [1.807, 2.05) is 0 Å². The standard InChI is InChI=1S/C7H16N2O/c1-5(2)6(8)7(10)9(3)4/h5-6H,8H2,1-4H3/i3D3,4D3. The average Bonchev–Trinajstić information content (AvgIpc) is 1.96. The summed E-state index contributed by atoms with van der Waals surface area (Å²) in [6.45, 7) is -2.82. The Labute approximate surface area is 70.6 Å². The summed E-state index contributed by atoms with van der Waals surface area (Å²) >= 11 is 0. The van der Waals surface area contributed by atoms with Crippen molar-refractivity contribution in [1.82, 2.24) is 4.90 Å². The molecule has 0 rings (SSSR count). The van der Waals surface area contributed by atoms with E-state index in [-0.39, 0.29) is 10.8 Å². The summed E-state index contributed by atoms with van der Waals surface area (Å²) in [5.41, 5.74) is 5.46. The fourth-order valence-electron chi connectivity index (χ4n) is 0.434. The van der Waals surface area contributed by atoms with Crippen molar-refractivity contribution in [2.45, 2.75) is 19.9 Å². The third-order valence-electron chi connectivity index (χ3n) is 1.22. The Balaban J connectivity index is 5.16. The van der Waals surface area contributed by atoms with Crippen molar-refractivity contribution in [2.75, 3.05) is 14.0 Å². The molecule has 1 unspecified atom stereocenters. The van der Waals surface area contributed by atoms with Crippen LogP contribution in [0.2, 0.25) is 0 Å². The highest BCUT2D eigenvalue weighted by Crippen LogP contribution is 1.99. The molecule has 60 valence electrons. The van der Waals surface area contributed by atoms with Crippen LogP contribution in [0.15, 0.2) is 0 Å². The molecular formula is C7H16N2O. The number of carbonyl (C=O) groups excluding carboxylic acids is 1. The molecular weight excluding hydrogens is 128 g/mol. The second-order valence-electron chi connectivity index (χ2n) is 2.44. The summed E-state index contributed by atoms with van der Waals surface area (Å²) in [5, 5.41) is 0. The lowest BCUT2D eigenvalue weighted by molar-refractivity contribution is -0.130. The Bertz CT molecular complexity index is 245. The van der Waals surface area contributed by atoms with Gasteiger partial charge in [0.1, 0.15) is 0 Å². The van der Waals surface area contributed by atoms with Crippen LogP contribution in [-0.2, 0) is 4.79 Å². The van der Waals surface area contributed by atoms with E-state index < -0.39 is 25.9 Å². The summed E-state index contributed by atoms with van der Waals surface area (Å²) in [6, 6.07) is -1.14. The number of rotatable bonds is 2. The average molecular weight is 150 g/mol. The Hall–Kier alpha value is -0.570. The summed E-state index contributed by atoms with van der Waals surface area (Å²) in [7, 11) is 0. The molecule has 0 radical (unpaired) electrons. The van der Waals surface area contributed by atoms with Gasteiger partial charge in [-0.3, -0.25) is 4.79 Å². The van der Waals surface area contributed by atoms with Gasteiger partial charge in [0, 0.05) is 22.2 Å². The third-order valence-corrected chi connectivity index (χ3v) is 1.22. The molecule has 1 atom stereocenters. The molecule has 1 amide bonds. The number of amides is 1. The van der Waals surface area contributed by atoms with Gasteiger partial charge in [-0.05, 0) is 5.92 Å². The summed E-state index contributed by atoms with van der Waals surface area (Å²) in [5.74, 6) is -1.42. The van der Waals surface area contributed by atoms with Gasteiger partial charge in [-0.1, -0.05) is 13.8 Å². The molecule has 0 aliphatic carbocycles. The highest BCUT2D eigenvalue weighted by Gasteiger charge is 2.17. The van der Waals surface area contributed by atoms with Crippen LogP contribution < -0.4 is 5.73 Å². The summed E-state index contributed by atoms with van der Waals surface area (Å²) < 4.78 is 42.2. The molecule has 0 saturated carbocycles. The monoisotopic (exact) mass is 150 g/mol. The van der Waals surface area contributed by atoms with Crippen molar-refractivity contribution in [3.63, 3.8) is 0 Å². The van der Waals surface area contributed by atoms with Gasteiger partial charge in [0.2, 0.25) is 5.91 Å². The van der Waals surface area contributed by atoms with E-state index in [9.17, 15) is 4.79 Å². The molecule has 0 aromatic carbocycles. The molecule has 0 aromatic rings. The van der Waals surface area contributed by atoms with Crippen LogP contribution in [0.25, 0.3) is 0 Å². The van der Waals surface area contributed by atoms with Crippen LogP contribution >= 0.6 is 0 Å². The minimum atomic E-state index is -3.02. The Morgan fingerprint density at radius 1 is 1.60 bits per heavy atom. The molecule has 0 spiro atoms. The number of nitrogens with zero attached hydrogens (tertiary/aromatic N) is 1. The van der Waals surface area contributed by atoms with Crippen LogP contribution in [0, 0.1) is 5.92 Å². The van der Waals surface area contributed by atoms with Crippen molar-refractivity contribution < 1.29 is 13.0 Å². The Morgan fingerprint density at radius 2 is 2.10 bits per heavy atom. The normalized spacial score (nSPS) is 24.8. The third kappa shape index (κ3) is 2.35. The number of nitrogens with two attached hydrogens (primary N) is 1. The summed E-state index contributed by atoms with van der Waals surface area (Å²) in [4.78, 5) is 11.6. The van der Waals surface area contributed by atoms with E-state index in [1.165, 1.54) is 0 Å². The molecule has 0 fully saturated rings. The fraction of sp³-hybridized carbons (Fsp3) is 0.857. The lowest BCUT2D eigenvalue weighted by Crippen LogP contribution is -2.43. The van der Waals surface area contributed by atoms with Gasteiger partial charge in [-0.25, -0.2) is 0 Å². The zero-order valence-corrected chi connectivity index (χ0v) is 6.09. The molecule has 0 bridgehead atoms. The zero-order chi connectivity index (χ0) is 13.3. The largest absolute Gasteiger partial charge is 0.347 e. The van der Waals surface area contributed by atoms with Crippen molar-refractivity contribution in [3.05, 3.63) is 0 Å². The van der Waals surface area contributed by atoms with E-state index >= 15 is 0 Å². The first-order chi connectivity index (χ1) is 6.89. The predicted molar refractivity (Wildman–Crippen MR) is 41.5 cm³/mol. The molecule has 0 aliphatic heterocycles. The fourth-order valence-corrected chi connectivity index (χ4v) is 0.434. The van der Waals surface area contributed by atoms with Crippen molar-refractivity contribution >= 4 is 5.91 Å². The number of hydrogen-bond acceptors (Lipinski definition) is 2. The molecule has 3 heteroatoms. The van der Waals surface area contributed by atoms with Crippen LogP contribution in [0.1, 0.15) is 22.1 Å². The molecule has 2 N–H and O–H groups in total. The zero-order valence-electron chi connectivity index (χ0n) is 12.1. The lowest BCUT2D eigenvalue weighted by atomic mass is 10.0. The molecule has 0 aliphatic rings. The van der Waals surface area contributed by atoms with E-state index in [0.717, 1.165) is 0 Å². The number of likely N-dealkylation sites (N-methyl/N-ethyl adjacent to an activating group) is 1. The van der Waals surface area contributed by atoms with Crippen LogP contribution in [-0.4, -0.2) is 30.8 Å². The lowest BCUT2D eigenvalue weighted by Gasteiger charge is -2.19. The van der Waals surface area contributed by atoms with Crippen molar-refractivity contribution in [3.8, 4) is 0 Å². The van der Waals surface area contributed by atoms with Gasteiger partial charge >= 0.3 is 0 Å². The first kappa shape index (κ1) is 3.22. The maximum atomic E-state index is 11.7. The topological polar surface area (TPSA) is 46.3 Å². The van der Waals surface area contributed by atoms with Gasteiger partial charge in [0.05, 0.1) is 6.04 Å². The minimum Gasteiger partial charge on any atom is -0.347 e. The van der Waals surface area contributed by atoms with E-state index in [2.05, 4.69) is 0 Å². The van der Waals surface area contributed by atoms with Crippen LogP contribution in [0.4, 0.5) is 0 Å². The van der Waals surface area contributed by atoms with Gasteiger partial charge in [-0.2, -0.15) is 0 Å². The van der Waals surface area contributed by atoms with Crippen LogP contribution in [0.3, 0.4) is 0 Å². The Morgan fingerprint density at radius 3 is 2.40 bits per heavy atom. The minimum absolute atomic E-state index is 0.106. The first-order valence-electron chi connectivity index (χ1n) is 5.98. The SMILES string of the molecule is [2H]C([2H])([2H])N(C(=O)C(N)C(C)C)C([2H])([2H])[2H]. The van der Waals surface area contributed by atoms with Crippen molar-refractivity contribution in [1.29, 1.82) is 0 Å². The second kappa shape index (κ2) is 3.56. The number of carbonyl (C=O) groups is 1. The van der Waals surface area contributed by atoms with E-state index in [1.54, 1.807) is 13.8 Å². The Kier molecular flexibility index (Phi) is 1.15. The van der Waals surface area contributed by atoms with Gasteiger partial charge in [-0.15, -0.1) is 0 Å². The second-order valence-corrected chi connectivity index (χ2v) is 2.44. The predicted octanol–water partition coefficient (Wildman–Crippen LogP) is 0.0579. The highest BCUT2D eigenvalue weighted by atomic mass is 16.2. The van der Waals surface area contributed by atoms with Gasteiger partial charge in [0.15, 0.2) is 0 Å². The smallest absolute Gasteiger partial charge is 0.239 e. The quantitative estimate of drug-likeness (QED) is 0.605.